The van der Waals surface area contributed by atoms with E-state index in [0.29, 0.717) is 0 Å². The summed E-state index contributed by atoms with van der Waals surface area (Å²) in [6, 6.07) is 8.97. The average molecular weight is 503 g/mol. The zero-order chi connectivity index (χ0) is 18.4. The molecule has 0 saturated heterocycles. The third-order valence-electron chi connectivity index (χ3n) is 6.38. The Hall–Kier alpha value is 0.0800. The average Bonchev–Trinajstić information content (AvgIpc) is 3.03. The number of benzene rings is 1. The van der Waals surface area contributed by atoms with Crippen molar-refractivity contribution in [3.63, 3.8) is 0 Å². The molecular formula is C22H32Cl2OSiZr. The van der Waals surface area contributed by atoms with Crippen molar-refractivity contribution in [1.29, 1.82) is 0 Å². The Labute approximate surface area is 191 Å². The summed E-state index contributed by atoms with van der Waals surface area (Å²) in [6.07, 6.45) is 5.13. The van der Waals surface area contributed by atoms with E-state index in [0.717, 1.165) is 0 Å². The van der Waals surface area contributed by atoms with Crippen LogP contribution in [-0.4, -0.2) is 15.9 Å². The van der Waals surface area contributed by atoms with E-state index in [9.17, 15) is 0 Å². The molecule has 0 amide bonds. The molecule has 0 heterocycles. The molecule has 5 heteroatoms. The van der Waals surface area contributed by atoms with Gasteiger partial charge in [0.2, 0.25) is 0 Å². The van der Waals surface area contributed by atoms with Crippen LogP contribution in [0.25, 0.3) is 6.08 Å². The Morgan fingerprint density at radius 3 is 2.22 bits per heavy atom. The summed E-state index contributed by atoms with van der Waals surface area (Å²) in [4.78, 5) is 0. The van der Waals surface area contributed by atoms with Gasteiger partial charge in [0.1, 0.15) is 0 Å². The summed E-state index contributed by atoms with van der Waals surface area (Å²) in [5.74, 6) is 0. The van der Waals surface area contributed by atoms with Crippen LogP contribution in [0.1, 0.15) is 52.7 Å². The number of halogens is 2. The first-order valence-corrected chi connectivity index (χ1v) is 13.8. The Morgan fingerprint density at radius 1 is 1.04 bits per heavy atom. The minimum Gasteiger partial charge on any atom is -0.147 e. The van der Waals surface area contributed by atoms with Gasteiger partial charge in [-0.1, -0.05) is 0 Å². The number of hydrogen-bond acceptors (Lipinski definition) is 1. The summed E-state index contributed by atoms with van der Waals surface area (Å²) in [6.45, 7) is 16.4. The van der Waals surface area contributed by atoms with Crippen LogP contribution in [0.15, 0.2) is 50.3 Å². The van der Waals surface area contributed by atoms with E-state index in [1.54, 1.807) is 14.4 Å². The molecule has 0 aliphatic heterocycles. The van der Waals surface area contributed by atoms with E-state index in [4.69, 9.17) is 4.43 Å². The molecule has 2 unspecified atom stereocenters. The fraction of sp³-hybridized carbons (Fsp3) is 0.455. The Bertz CT molecular complexity index is 797. The molecule has 3 rings (SSSR count). The van der Waals surface area contributed by atoms with E-state index in [2.05, 4.69) is 84.5 Å². The molecule has 2 atom stereocenters. The first kappa shape index (κ1) is 25.1. The minimum absolute atomic E-state index is 0. The molecule has 0 spiro atoms. The van der Waals surface area contributed by atoms with Crippen molar-refractivity contribution in [3.8, 4) is 0 Å². The van der Waals surface area contributed by atoms with Crippen LogP contribution in [0.3, 0.4) is 0 Å². The number of allylic oxidation sites excluding steroid dienone is 4. The molecule has 148 valence electrons. The first-order valence-electron chi connectivity index (χ1n) is 9.34. The molecule has 0 radical (unpaired) electrons. The topological polar surface area (TPSA) is 9.23 Å². The monoisotopic (exact) mass is 500 g/mol. The van der Waals surface area contributed by atoms with Crippen LogP contribution in [-0.2, 0) is 30.8 Å². The second-order valence-electron chi connectivity index (χ2n) is 7.89. The van der Waals surface area contributed by atoms with Gasteiger partial charge in [-0.15, -0.1) is 24.8 Å². The number of hydrogen-bond donors (Lipinski definition) is 0. The van der Waals surface area contributed by atoms with Gasteiger partial charge in [0, 0.05) is 0 Å². The number of rotatable bonds is 5. The van der Waals surface area contributed by atoms with Crippen molar-refractivity contribution in [3.05, 3.63) is 61.5 Å². The van der Waals surface area contributed by atoms with Gasteiger partial charge in [-0.05, 0) is 0 Å². The minimum atomic E-state index is -0.951. The summed E-state index contributed by atoms with van der Waals surface area (Å²) < 4.78 is 8.22. The largest absolute Gasteiger partial charge is 0.147 e. The van der Waals surface area contributed by atoms with Crippen LogP contribution in [0.4, 0.5) is 0 Å². The van der Waals surface area contributed by atoms with Crippen LogP contribution in [0.5, 0.6) is 0 Å². The van der Waals surface area contributed by atoms with Crippen LogP contribution in [0, 0.1) is 5.41 Å². The van der Waals surface area contributed by atoms with E-state index >= 15 is 0 Å². The van der Waals surface area contributed by atoms with E-state index in [1.807, 2.05) is 0 Å². The molecule has 0 saturated carbocycles. The van der Waals surface area contributed by atoms with Gasteiger partial charge in [0.15, 0.2) is 0 Å². The molecular weight excluding hydrogens is 470 g/mol. The fourth-order valence-electron chi connectivity index (χ4n) is 4.33. The predicted molar refractivity (Wildman–Crippen MR) is 121 cm³/mol. The SMILES string of the molecule is C[SiH2]OC(C)[C]1([Zr][C]2=C(C)C(C)=C(C)C2(C)C)C=Cc2ccccc21.Cl.Cl. The van der Waals surface area contributed by atoms with Gasteiger partial charge in [-0.2, -0.15) is 0 Å². The summed E-state index contributed by atoms with van der Waals surface area (Å²) in [5.41, 5.74) is 7.76. The van der Waals surface area contributed by atoms with E-state index in [1.165, 1.54) is 16.7 Å². The molecule has 2 aliphatic rings. The molecule has 1 aromatic rings. The predicted octanol–water partition coefficient (Wildman–Crippen LogP) is 6.02. The molecule has 0 N–H and O–H groups in total. The van der Waals surface area contributed by atoms with E-state index < -0.39 is 33.0 Å². The smallest absolute Gasteiger partial charge is 0.147 e. The maximum Gasteiger partial charge on any atom is -0.147 e. The number of fused-ring (bicyclic) bond motifs is 1. The molecule has 1 aromatic carbocycles. The van der Waals surface area contributed by atoms with Gasteiger partial charge >= 0.3 is 168 Å². The standard InChI is InChI=1S/C12H15OSi.C10H15.2ClH.Zr/c1-9(13-14-2)11-8-7-10-5-3-4-6-12(10)11;1-7-6-10(4,5)9(3)8(7)2;;;/h3-9H,14H2,1-2H3;1-5H3;2*1H;. The maximum absolute atomic E-state index is 6.35. The zero-order valence-electron chi connectivity index (χ0n) is 17.5. The molecule has 2 aliphatic carbocycles. The first-order chi connectivity index (χ1) is 11.8. The van der Waals surface area contributed by atoms with Crippen molar-refractivity contribution in [2.24, 2.45) is 5.41 Å². The fourth-order valence-corrected chi connectivity index (χ4v) is 10.7. The summed E-state index contributed by atoms with van der Waals surface area (Å²) in [5, 5.41) is 0. The van der Waals surface area contributed by atoms with Gasteiger partial charge in [-0.3, -0.25) is 0 Å². The van der Waals surface area contributed by atoms with E-state index in [-0.39, 0.29) is 39.5 Å². The third-order valence-corrected chi connectivity index (χ3v) is 13.4. The van der Waals surface area contributed by atoms with Gasteiger partial charge in [-0.25, -0.2) is 0 Å². The third kappa shape index (κ3) is 4.05. The van der Waals surface area contributed by atoms with Crippen LogP contribution < -0.4 is 0 Å². The second-order valence-corrected chi connectivity index (χ2v) is 12.7. The van der Waals surface area contributed by atoms with Crippen molar-refractivity contribution in [1.82, 2.24) is 0 Å². The van der Waals surface area contributed by atoms with Crippen LogP contribution in [0.2, 0.25) is 6.55 Å². The zero-order valence-corrected chi connectivity index (χ0v) is 23.0. The van der Waals surface area contributed by atoms with Gasteiger partial charge < -0.3 is 0 Å². The molecule has 0 aromatic heterocycles. The second kappa shape index (κ2) is 9.26. The molecule has 1 nitrogen and oxygen atoms in total. The summed E-state index contributed by atoms with van der Waals surface area (Å²) >= 11 is -0.951. The maximum atomic E-state index is 6.35. The van der Waals surface area contributed by atoms with Gasteiger partial charge in [0.05, 0.1) is 0 Å². The molecule has 27 heavy (non-hydrogen) atoms. The van der Waals surface area contributed by atoms with Crippen molar-refractivity contribution in [2.75, 3.05) is 0 Å². The normalized spacial score (nSPS) is 24.1. The Balaban J connectivity index is 0.00000182. The van der Waals surface area contributed by atoms with Crippen LogP contribution >= 0.6 is 24.8 Å². The van der Waals surface area contributed by atoms with Crippen molar-refractivity contribution in [2.45, 2.75) is 57.3 Å². The molecule has 0 fully saturated rings. The Morgan fingerprint density at radius 2 is 1.67 bits per heavy atom. The Kier molecular flexibility index (Phi) is 8.62. The quantitative estimate of drug-likeness (QED) is 0.447. The summed E-state index contributed by atoms with van der Waals surface area (Å²) in [7, 11) is -0.430. The van der Waals surface area contributed by atoms with Crippen molar-refractivity contribution >= 4 is 40.7 Å². The molecule has 0 bridgehead atoms. The van der Waals surface area contributed by atoms with Gasteiger partial charge in [0.25, 0.3) is 0 Å². The van der Waals surface area contributed by atoms with Crippen molar-refractivity contribution < 1.29 is 27.7 Å².